The first-order valence-electron chi connectivity index (χ1n) is 27.4. The Kier molecular flexibility index (Phi) is 2.23. The van der Waals surface area contributed by atoms with Crippen LogP contribution in [-0.2, 0) is 22.2 Å². The van der Waals surface area contributed by atoms with Gasteiger partial charge in [-0.1, -0.05) is 26.7 Å². The number of rotatable bonds is 6. The highest BCUT2D eigenvalue weighted by Gasteiger charge is 3.04. The SMILES string of the molecule is CCCCN1C23c4c5c6c7c8c9c%10c%11c%12c(c%13c%14c2c2c4c4c6c6c%15c7c7c9c9c%10c%10c%12c%12c%13c%13c%14c%14c2c2c4c6c4c6c2c%14c2c%13c%13c%12c%10c%10c9c9c7c%15c4c4c9c%10c%13c2c64)C13C%111N(CCCC)C581. The smallest absolute Gasteiger partial charge is 0.101 e. The predicted octanol–water partition coefficient (Wildman–Crippen LogP) is 17.2. The number of hydrogen-bond acceptors (Lipinski definition) is 2. The van der Waals surface area contributed by atoms with E-state index >= 15 is 0 Å². The maximum atomic E-state index is 3.37. The Labute approximate surface area is 385 Å². The third-order valence-electron chi connectivity index (χ3n) is 27.0. The summed E-state index contributed by atoms with van der Waals surface area (Å²) in [6, 6.07) is 0. The number of hydrogen-bond donors (Lipinski definition) is 0. The minimum atomic E-state index is -0.154. The highest BCUT2D eigenvalue weighted by atomic mass is 15.6. The van der Waals surface area contributed by atoms with Gasteiger partial charge in [0.2, 0.25) is 0 Å². The maximum absolute atomic E-state index is 3.37. The Morgan fingerprint density at radius 1 is 0.200 bits per heavy atom. The second-order valence-corrected chi connectivity index (χ2v) is 26.9. The summed E-state index contributed by atoms with van der Waals surface area (Å²) in [5.41, 5.74) is 10.5. The van der Waals surface area contributed by atoms with Crippen LogP contribution >= 0.6 is 0 Å². The van der Waals surface area contributed by atoms with E-state index in [1.807, 2.05) is 33.4 Å². The molecule has 70 heavy (non-hydrogen) atoms. The molecule has 2 saturated heterocycles. The standard InChI is InChI=1S/C68H18N2/c1-3-5-7-69-65-59-50-43-35-26-18-11-9-10-12-14-13(11)20-24(18)37(43)45-39-28(20)29-21(14)25-19(12)27-23-16(10)17-15(9)22(26)31-33-30(17)34-32(23)42-36(27)44-38(25)46-40(29)49(39)58-61(54(45)50)67(65,69)68-62(58)55(46)51(44)60-53(42)57-48(34)47(33)56(52(59)41(31)35)63(65)64(57)66(60,68)70(68)8-6-4-2/h3-8H2,1-2H3. The van der Waals surface area contributed by atoms with E-state index in [2.05, 4.69) is 23.6 Å². The van der Waals surface area contributed by atoms with Gasteiger partial charge < -0.3 is 0 Å². The molecule has 26 aromatic rings. The van der Waals surface area contributed by atoms with Crippen molar-refractivity contribution in [1.29, 1.82) is 0 Å². The molecule has 34 rings (SSSR count). The van der Waals surface area contributed by atoms with Gasteiger partial charge in [0.1, 0.15) is 11.1 Å². The number of nitrogens with zero attached hydrogens (tertiary/aromatic N) is 2. The molecule has 0 N–H and O–H groups in total. The van der Waals surface area contributed by atoms with Gasteiger partial charge in [-0.15, -0.1) is 0 Å². The van der Waals surface area contributed by atoms with Gasteiger partial charge >= 0.3 is 0 Å². The Balaban J connectivity index is 1.17. The molecule has 2 heterocycles. The van der Waals surface area contributed by atoms with E-state index in [4.69, 9.17) is 0 Å². The van der Waals surface area contributed by atoms with Crippen molar-refractivity contribution in [3.05, 3.63) is 33.4 Å². The van der Waals surface area contributed by atoms with Gasteiger partial charge in [-0.3, -0.25) is 9.80 Å². The average molecular weight is 863 g/mol. The predicted molar refractivity (Wildman–Crippen MR) is 292 cm³/mol. The molecular formula is C68H18N2. The Hall–Kier alpha value is -7.36. The Bertz CT molecular complexity index is 6840. The van der Waals surface area contributed by atoms with Gasteiger partial charge in [0, 0.05) is 13.1 Å². The van der Waals surface area contributed by atoms with E-state index in [1.54, 1.807) is 269 Å². The highest BCUT2D eigenvalue weighted by molar-refractivity contribution is 6.81. The topological polar surface area (TPSA) is 6.02 Å². The van der Waals surface area contributed by atoms with Gasteiger partial charge in [-0.05, 0) is 316 Å². The molecule has 6 unspecified atom stereocenters. The van der Waals surface area contributed by atoms with Crippen LogP contribution in [-0.4, -0.2) is 22.9 Å². The fourth-order valence-electron chi connectivity index (χ4n) is 27.2. The fourth-order valence-corrected chi connectivity index (χ4v) is 27.2. The first-order chi connectivity index (χ1) is 34.9. The lowest BCUT2D eigenvalue weighted by atomic mass is 9.58. The molecule has 2 heteroatoms. The van der Waals surface area contributed by atoms with Crippen molar-refractivity contribution >= 4 is 269 Å². The van der Waals surface area contributed by atoms with Crippen molar-refractivity contribution in [2.45, 2.75) is 61.7 Å². The minimum absolute atomic E-state index is 0.126. The average Bonchev–Trinajstić information content (AvgIpc) is 3.50. The summed E-state index contributed by atoms with van der Waals surface area (Å²) in [6.45, 7) is 7.35. The lowest BCUT2D eigenvalue weighted by molar-refractivity contribution is 0.277. The van der Waals surface area contributed by atoms with Crippen LogP contribution in [0, 0.1) is 0 Å². The molecule has 0 bridgehead atoms. The zero-order valence-electron chi connectivity index (χ0n) is 37.1. The van der Waals surface area contributed by atoms with Crippen molar-refractivity contribution in [1.82, 2.24) is 9.80 Å². The largest absolute Gasteiger partial charge is 0.274 e. The molecular weight excluding hydrogens is 845 g/mol. The molecule has 26 aromatic carbocycles. The zero-order chi connectivity index (χ0) is 41.7. The van der Waals surface area contributed by atoms with Gasteiger partial charge in [-0.2, -0.15) is 0 Å². The quantitative estimate of drug-likeness (QED) is 0.121. The van der Waals surface area contributed by atoms with Crippen LogP contribution in [0.4, 0.5) is 0 Å². The molecule has 2 fully saturated rings. The monoisotopic (exact) mass is 862 g/mol. The molecule has 6 atom stereocenters. The fraction of sp³-hybridized carbons (Fsp3) is 0.176. The summed E-state index contributed by atoms with van der Waals surface area (Å²) in [5, 5.41) is 85.7. The van der Waals surface area contributed by atoms with Crippen LogP contribution in [0.3, 0.4) is 0 Å². The van der Waals surface area contributed by atoms with Crippen LogP contribution < -0.4 is 0 Å². The Morgan fingerprint density at radius 2 is 0.371 bits per heavy atom. The minimum Gasteiger partial charge on any atom is -0.274 e. The molecule has 0 saturated carbocycles. The summed E-state index contributed by atoms with van der Waals surface area (Å²) >= 11 is 0. The molecule has 4 spiro atoms. The van der Waals surface area contributed by atoms with Gasteiger partial charge in [0.05, 0.1) is 11.1 Å². The van der Waals surface area contributed by atoms with Crippen molar-refractivity contribution in [3.8, 4) is 0 Å². The van der Waals surface area contributed by atoms with Crippen LogP contribution in [0.25, 0.3) is 269 Å². The summed E-state index contributed by atoms with van der Waals surface area (Å²) in [6.07, 6.45) is 5.02. The van der Waals surface area contributed by atoms with Crippen molar-refractivity contribution in [2.24, 2.45) is 0 Å². The third kappa shape index (κ3) is 1.30. The second kappa shape index (κ2) is 5.86. The van der Waals surface area contributed by atoms with Crippen LogP contribution in [0.15, 0.2) is 0 Å². The van der Waals surface area contributed by atoms with E-state index in [-0.39, 0.29) is 22.2 Å². The van der Waals surface area contributed by atoms with Crippen molar-refractivity contribution in [2.75, 3.05) is 13.1 Å². The number of benzene rings is 17. The molecule has 8 aliphatic rings. The molecule has 0 aromatic heterocycles. The van der Waals surface area contributed by atoms with Crippen LogP contribution in [0.5, 0.6) is 0 Å². The van der Waals surface area contributed by atoms with Crippen LogP contribution in [0.1, 0.15) is 72.9 Å². The maximum Gasteiger partial charge on any atom is 0.101 e. The molecule has 6 aliphatic carbocycles. The van der Waals surface area contributed by atoms with Gasteiger partial charge in [-0.25, -0.2) is 0 Å². The van der Waals surface area contributed by atoms with Crippen molar-refractivity contribution in [3.63, 3.8) is 0 Å². The van der Waals surface area contributed by atoms with Crippen molar-refractivity contribution < 1.29 is 0 Å². The first-order valence-corrected chi connectivity index (χ1v) is 27.4. The van der Waals surface area contributed by atoms with E-state index < -0.39 is 0 Å². The lowest BCUT2D eigenvalue weighted by Gasteiger charge is -2.38. The summed E-state index contributed by atoms with van der Waals surface area (Å²) in [7, 11) is 0. The normalized spacial score (nSPS) is 29.6. The summed E-state index contributed by atoms with van der Waals surface area (Å²) < 4.78 is 0. The first kappa shape index (κ1) is 26.6. The highest BCUT2D eigenvalue weighted by Crippen LogP contribution is 3.01. The lowest BCUT2D eigenvalue weighted by Crippen LogP contribution is -2.44. The summed E-state index contributed by atoms with van der Waals surface area (Å²) in [5.74, 6) is 0. The molecule has 2 nitrogen and oxygen atoms in total. The van der Waals surface area contributed by atoms with E-state index in [1.165, 1.54) is 38.8 Å². The molecule has 300 valence electrons. The summed E-state index contributed by atoms with van der Waals surface area (Å²) in [4.78, 5) is 6.73. The van der Waals surface area contributed by atoms with E-state index in [9.17, 15) is 0 Å². The second-order valence-electron chi connectivity index (χ2n) is 26.9. The third-order valence-corrected chi connectivity index (χ3v) is 27.0. The Morgan fingerprint density at radius 3 is 0.586 bits per heavy atom. The molecule has 2 aliphatic heterocycles. The van der Waals surface area contributed by atoms with Crippen LogP contribution in [0.2, 0.25) is 0 Å². The van der Waals surface area contributed by atoms with Gasteiger partial charge in [0.15, 0.2) is 0 Å². The molecule has 0 radical (unpaired) electrons. The zero-order valence-corrected chi connectivity index (χ0v) is 37.1. The van der Waals surface area contributed by atoms with E-state index in [0.717, 1.165) is 0 Å². The van der Waals surface area contributed by atoms with Gasteiger partial charge in [0.25, 0.3) is 0 Å². The number of unbranched alkanes of at least 4 members (excludes halogenated alkanes) is 2. The molecule has 0 amide bonds. The van der Waals surface area contributed by atoms with E-state index in [0.29, 0.717) is 0 Å².